The average molecular weight is 365 g/mol. The van der Waals surface area contributed by atoms with Crippen molar-refractivity contribution in [1.82, 2.24) is 0 Å². The summed E-state index contributed by atoms with van der Waals surface area (Å²) in [7, 11) is -5.32. The lowest BCUT2D eigenvalue weighted by atomic mass is 10.2. The summed E-state index contributed by atoms with van der Waals surface area (Å²) in [4.78, 5) is 0. The number of unbranched alkanes of at least 4 members (excludes halogenated alkanes) is 4. The molecule has 0 aliphatic carbocycles. The molecule has 0 radical (unpaired) electrons. The summed E-state index contributed by atoms with van der Waals surface area (Å²) in [5.41, 5.74) is 0. The molecule has 0 saturated carbocycles. The minimum Gasteiger partial charge on any atom is -0.437 e. The lowest BCUT2D eigenvalue weighted by molar-refractivity contribution is 0.286. The lowest BCUT2D eigenvalue weighted by Crippen LogP contribution is -2.52. The van der Waals surface area contributed by atoms with Gasteiger partial charge in [-0.2, -0.15) is 0 Å². The van der Waals surface area contributed by atoms with Gasteiger partial charge in [-0.3, -0.25) is 0 Å². The largest absolute Gasteiger partial charge is 0.437 e. The van der Waals surface area contributed by atoms with Gasteiger partial charge in [0.1, 0.15) is 0 Å². The van der Waals surface area contributed by atoms with E-state index in [-0.39, 0.29) is 0 Å². The van der Waals surface area contributed by atoms with E-state index in [1.165, 1.54) is 31.7 Å². The molecule has 6 heteroatoms. The van der Waals surface area contributed by atoms with Crippen LogP contribution in [0.25, 0.3) is 0 Å². The maximum Gasteiger partial charge on any atom is 0.311 e. The van der Waals surface area contributed by atoms with Crippen molar-refractivity contribution >= 4 is 25.2 Å². The van der Waals surface area contributed by atoms with Crippen LogP contribution in [0.3, 0.4) is 0 Å². The maximum absolute atomic E-state index is 8.93. The van der Waals surface area contributed by atoms with Crippen LogP contribution >= 0.6 is 0 Å². The predicted octanol–water partition coefficient (Wildman–Crippen LogP) is 5.48. The van der Waals surface area contributed by atoms with Crippen molar-refractivity contribution < 1.29 is 13.3 Å². The number of rotatable bonds is 13. The van der Waals surface area contributed by atoms with Gasteiger partial charge in [0.2, 0.25) is 0 Å². The summed E-state index contributed by atoms with van der Waals surface area (Å²) in [6.07, 6.45) is 7.22. The van der Waals surface area contributed by atoms with Gasteiger partial charge >= 0.3 is 8.56 Å². The maximum atomic E-state index is 8.93. The molecule has 0 aromatic heterocycles. The van der Waals surface area contributed by atoms with E-state index in [2.05, 4.69) is 46.2 Å². The van der Waals surface area contributed by atoms with E-state index in [1.807, 2.05) is 0 Å². The van der Waals surface area contributed by atoms with Gasteiger partial charge in [0, 0.05) is 6.61 Å². The van der Waals surface area contributed by atoms with Crippen molar-refractivity contribution in [3.8, 4) is 0 Å². The highest BCUT2D eigenvalue weighted by Gasteiger charge is 2.39. The van der Waals surface area contributed by atoms with Crippen molar-refractivity contribution in [3.63, 3.8) is 0 Å². The standard InChI is InChI=1S/C16H40O3Si3/c1-8-9-10-12-15-20(2,3)18-22(6,7)19-21(4,5)16-13-11-14-17/h17H,8-16H2,1-7H3. The van der Waals surface area contributed by atoms with E-state index in [4.69, 9.17) is 13.3 Å². The fraction of sp³-hybridized carbons (Fsp3) is 1.00. The van der Waals surface area contributed by atoms with Crippen LogP contribution in [0.15, 0.2) is 0 Å². The molecule has 0 rings (SSSR count). The molecule has 1 N–H and O–H groups in total. The predicted molar refractivity (Wildman–Crippen MR) is 105 cm³/mol. The lowest BCUT2D eigenvalue weighted by Gasteiger charge is -2.38. The minimum atomic E-state index is -2.04. The molecular formula is C16H40O3Si3. The van der Waals surface area contributed by atoms with Crippen LogP contribution in [0.4, 0.5) is 0 Å². The van der Waals surface area contributed by atoms with Crippen LogP contribution in [0.1, 0.15) is 45.4 Å². The number of hydrogen-bond donors (Lipinski definition) is 1. The first-order valence-corrected chi connectivity index (χ1v) is 18.1. The summed E-state index contributed by atoms with van der Waals surface area (Å²) >= 11 is 0. The second kappa shape index (κ2) is 10.4. The summed E-state index contributed by atoms with van der Waals surface area (Å²) in [6.45, 7) is 16.3. The SMILES string of the molecule is CCCCCC[Si](C)(C)O[Si](C)(C)O[Si](C)(C)CCCCO. The zero-order chi connectivity index (χ0) is 17.3. The Morgan fingerprint density at radius 3 is 1.55 bits per heavy atom. The Hall–Kier alpha value is 0.531. The highest BCUT2D eigenvalue weighted by atomic mass is 28.5. The molecule has 134 valence electrons. The van der Waals surface area contributed by atoms with Crippen molar-refractivity contribution in [2.75, 3.05) is 6.61 Å². The first kappa shape index (κ1) is 22.5. The number of hydrogen-bond acceptors (Lipinski definition) is 3. The van der Waals surface area contributed by atoms with Crippen LogP contribution in [-0.2, 0) is 8.23 Å². The summed E-state index contributed by atoms with van der Waals surface area (Å²) in [5, 5.41) is 8.93. The molecule has 0 amide bonds. The molecule has 0 atom stereocenters. The van der Waals surface area contributed by atoms with Crippen molar-refractivity contribution in [3.05, 3.63) is 0 Å². The molecule has 22 heavy (non-hydrogen) atoms. The third-order valence-electron chi connectivity index (χ3n) is 3.86. The Labute approximate surface area is 142 Å². The van der Waals surface area contributed by atoms with Crippen molar-refractivity contribution in [2.45, 2.75) is 96.8 Å². The smallest absolute Gasteiger partial charge is 0.311 e. The number of aliphatic hydroxyl groups excluding tert-OH is 1. The zero-order valence-electron chi connectivity index (χ0n) is 16.1. The molecule has 0 aromatic carbocycles. The molecule has 0 unspecified atom stereocenters. The fourth-order valence-electron chi connectivity index (χ4n) is 3.09. The van der Waals surface area contributed by atoms with E-state index in [1.54, 1.807) is 0 Å². The van der Waals surface area contributed by atoms with Crippen LogP contribution in [0, 0.1) is 0 Å². The normalized spacial score (nSPS) is 13.6. The van der Waals surface area contributed by atoms with Crippen LogP contribution < -0.4 is 0 Å². The monoisotopic (exact) mass is 364 g/mol. The Morgan fingerprint density at radius 2 is 1.14 bits per heavy atom. The topological polar surface area (TPSA) is 38.7 Å². The van der Waals surface area contributed by atoms with E-state index in [9.17, 15) is 0 Å². The quantitative estimate of drug-likeness (QED) is 0.347. The van der Waals surface area contributed by atoms with Gasteiger partial charge in [-0.25, -0.2) is 0 Å². The van der Waals surface area contributed by atoms with Gasteiger partial charge in [0.15, 0.2) is 16.6 Å². The molecule has 0 spiro atoms. The Balaban J connectivity index is 4.34. The molecule has 0 aliphatic heterocycles. The summed E-state index contributed by atoms with van der Waals surface area (Å²) in [6, 6.07) is 2.37. The highest BCUT2D eigenvalue weighted by Crippen LogP contribution is 2.26. The van der Waals surface area contributed by atoms with Crippen molar-refractivity contribution in [1.29, 1.82) is 0 Å². The van der Waals surface area contributed by atoms with Gasteiger partial charge in [0.05, 0.1) is 0 Å². The minimum absolute atomic E-state index is 0.291. The third kappa shape index (κ3) is 12.0. The summed E-state index contributed by atoms with van der Waals surface area (Å²) in [5.74, 6) is 0. The van der Waals surface area contributed by atoms with Crippen LogP contribution in [0.2, 0.25) is 51.4 Å². The molecule has 0 aromatic rings. The average Bonchev–Trinajstić information content (AvgIpc) is 2.32. The summed E-state index contributed by atoms with van der Waals surface area (Å²) < 4.78 is 13.1. The zero-order valence-corrected chi connectivity index (χ0v) is 19.1. The Bertz CT molecular complexity index is 294. The van der Waals surface area contributed by atoms with E-state index >= 15 is 0 Å². The molecule has 0 saturated heterocycles. The molecular weight excluding hydrogens is 324 g/mol. The molecule has 0 bridgehead atoms. The van der Waals surface area contributed by atoms with E-state index in [0.717, 1.165) is 18.9 Å². The molecule has 0 aliphatic rings. The first-order valence-electron chi connectivity index (χ1n) is 9.05. The van der Waals surface area contributed by atoms with E-state index < -0.39 is 25.2 Å². The number of aliphatic hydroxyl groups is 1. The van der Waals surface area contributed by atoms with Crippen molar-refractivity contribution in [2.24, 2.45) is 0 Å². The van der Waals surface area contributed by atoms with Gasteiger partial charge < -0.3 is 13.3 Å². The van der Waals surface area contributed by atoms with Gasteiger partial charge in [-0.1, -0.05) is 39.0 Å². The van der Waals surface area contributed by atoms with Crippen LogP contribution in [-0.4, -0.2) is 36.9 Å². The first-order chi connectivity index (χ1) is 10.0. The Kier molecular flexibility index (Phi) is 10.7. The van der Waals surface area contributed by atoms with Gasteiger partial charge in [-0.05, 0) is 57.8 Å². The Morgan fingerprint density at radius 1 is 0.682 bits per heavy atom. The van der Waals surface area contributed by atoms with Gasteiger partial charge in [0.25, 0.3) is 0 Å². The molecule has 0 fully saturated rings. The van der Waals surface area contributed by atoms with E-state index in [0.29, 0.717) is 6.61 Å². The fourth-order valence-corrected chi connectivity index (χ4v) is 17.3. The molecule has 0 heterocycles. The highest BCUT2D eigenvalue weighted by molar-refractivity contribution is 6.87. The second-order valence-corrected chi connectivity index (χ2v) is 20.6. The van der Waals surface area contributed by atoms with Gasteiger partial charge in [-0.15, -0.1) is 0 Å². The molecule has 3 nitrogen and oxygen atoms in total. The second-order valence-electron chi connectivity index (χ2n) is 8.11. The third-order valence-corrected chi connectivity index (χ3v) is 15.3. The van der Waals surface area contributed by atoms with Crippen LogP contribution in [0.5, 0.6) is 0 Å².